The molecule has 0 spiro atoms. The minimum absolute atomic E-state index is 0.0423. The van der Waals surface area contributed by atoms with Crippen molar-refractivity contribution in [3.63, 3.8) is 0 Å². The van der Waals surface area contributed by atoms with Crippen molar-refractivity contribution in [1.82, 2.24) is 0 Å². The average molecular weight is 311 g/mol. The second-order valence-corrected chi connectivity index (χ2v) is 6.01. The molecule has 2 aromatic rings. The number of benzene rings is 1. The summed E-state index contributed by atoms with van der Waals surface area (Å²) in [4.78, 5) is 13.8. The lowest BCUT2D eigenvalue weighted by atomic mass is 10.2. The first-order valence-electron chi connectivity index (χ1n) is 4.97. The first-order valence-corrected chi connectivity index (χ1v) is 6.58. The maximum Gasteiger partial charge on any atom is 0.258 e. The predicted octanol–water partition coefficient (Wildman–Crippen LogP) is 3.37. The summed E-state index contributed by atoms with van der Waals surface area (Å²) in [7, 11) is 1.76. The summed E-state index contributed by atoms with van der Waals surface area (Å²) >= 11 is 4.90. The average Bonchev–Trinajstić information content (AvgIpc) is 2.75. The number of amides is 1. The monoisotopic (exact) mass is 310 g/mol. The van der Waals surface area contributed by atoms with Gasteiger partial charge in [-0.25, -0.2) is 0 Å². The molecule has 1 amide bonds. The first-order chi connectivity index (χ1) is 8.08. The lowest BCUT2D eigenvalue weighted by Gasteiger charge is -2.14. The van der Waals surface area contributed by atoms with Gasteiger partial charge in [0.1, 0.15) is 0 Å². The van der Waals surface area contributed by atoms with Crippen molar-refractivity contribution in [2.45, 2.75) is 0 Å². The Morgan fingerprint density at radius 2 is 1.88 bits per heavy atom. The van der Waals surface area contributed by atoms with Gasteiger partial charge in [-0.3, -0.25) is 4.79 Å². The van der Waals surface area contributed by atoms with E-state index >= 15 is 0 Å². The van der Waals surface area contributed by atoms with Gasteiger partial charge in [0, 0.05) is 18.3 Å². The summed E-state index contributed by atoms with van der Waals surface area (Å²) in [6.45, 7) is 0. The van der Waals surface area contributed by atoms with E-state index in [0.717, 1.165) is 8.79 Å². The molecule has 17 heavy (non-hydrogen) atoms. The minimum atomic E-state index is -0.0423. The third kappa shape index (κ3) is 2.68. The smallest absolute Gasteiger partial charge is 0.258 e. The van der Waals surface area contributed by atoms with Crippen molar-refractivity contribution in [2.75, 3.05) is 17.7 Å². The molecule has 2 N–H and O–H groups in total. The molecule has 0 saturated carbocycles. The molecule has 0 fully saturated rings. The number of hydrogen-bond acceptors (Lipinski definition) is 3. The topological polar surface area (TPSA) is 46.3 Å². The number of halogens is 1. The van der Waals surface area contributed by atoms with Gasteiger partial charge in [-0.05, 0) is 52.3 Å². The molecule has 1 aromatic heterocycles. The Morgan fingerprint density at radius 3 is 2.41 bits per heavy atom. The Morgan fingerprint density at radius 1 is 1.24 bits per heavy atom. The summed E-state index contributed by atoms with van der Waals surface area (Å²) < 4.78 is 1.00. The number of nitrogens with zero attached hydrogens (tertiary/aromatic N) is 1. The normalized spacial score (nSPS) is 10.2. The van der Waals surface area contributed by atoms with Crippen LogP contribution in [0.5, 0.6) is 0 Å². The van der Waals surface area contributed by atoms with E-state index in [1.807, 2.05) is 12.1 Å². The van der Waals surface area contributed by atoms with Crippen LogP contribution in [0.15, 0.2) is 40.2 Å². The summed E-state index contributed by atoms with van der Waals surface area (Å²) in [5.74, 6) is -0.0423. The van der Waals surface area contributed by atoms with Crippen LogP contribution in [0.1, 0.15) is 10.4 Å². The van der Waals surface area contributed by atoms with Crippen molar-refractivity contribution in [3.05, 3.63) is 45.7 Å². The predicted molar refractivity (Wildman–Crippen MR) is 75.6 cm³/mol. The number of thiophene rings is 1. The van der Waals surface area contributed by atoms with E-state index in [-0.39, 0.29) is 5.91 Å². The van der Waals surface area contributed by atoms with Crippen molar-refractivity contribution in [3.8, 4) is 0 Å². The highest BCUT2D eigenvalue weighted by atomic mass is 79.9. The SMILES string of the molecule is CN(C(=O)c1ccc(N)cc1)c1ccc(Br)s1. The molecular formula is C12H11BrN2OS. The quantitative estimate of drug-likeness (QED) is 0.864. The second-order valence-electron chi connectivity index (χ2n) is 3.56. The van der Waals surface area contributed by atoms with Crippen LogP contribution in [0.3, 0.4) is 0 Å². The fourth-order valence-corrected chi connectivity index (χ4v) is 2.73. The largest absolute Gasteiger partial charge is 0.399 e. The second kappa shape index (κ2) is 4.89. The van der Waals surface area contributed by atoms with E-state index in [0.29, 0.717) is 11.3 Å². The molecule has 88 valence electrons. The fraction of sp³-hybridized carbons (Fsp3) is 0.0833. The number of nitrogens with two attached hydrogens (primary N) is 1. The number of carbonyl (C=O) groups is 1. The maximum atomic E-state index is 12.1. The van der Waals surface area contributed by atoms with E-state index < -0.39 is 0 Å². The Labute approximate surface area is 112 Å². The van der Waals surface area contributed by atoms with Gasteiger partial charge < -0.3 is 10.6 Å². The fourth-order valence-electron chi connectivity index (χ4n) is 1.40. The van der Waals surface area contributed by atoms with Crippen molar-refractivity contribution >= 4 is 43.9 Å². The van der Waals surface area contributed by atoms with Crippen LogP contribution in [0.25, 0.3) is 0 Å². The minimum Gasteiger partial charge on any atom is -0.399 e. The molecule has 1 aromatic carbocycles. The summed E-state index contributed by atoms with van der Waals surface area (Å²) in [6.07, 6.45) is 0. The molecule has 0 aliphatic carbocycles. The zero-order valence-corrected chi connectivity index (χ0v) is 11.6. The molecule has 1 heterocycles. The lowest BCUT2D eigenvalue weighted by Crippen LogP contribution is -2.25. The Hall–Kier alpha value is -1.33. The lowest BCUT2D eigenvalue weighted by molar-refractivity contribution is 0.0993. The molecule has 2 rings (SSSR count). The van der Waals surface area contributed by atoms with E-state index in [9.17, 15) is 4.79 Å². The molecule has 3 nitrogen and oxygen atoms in total. The summed E-state index contributed by atoms with van der Waals surface area (Å²) in [6, 6.07) is 10.8. The van der Waals surface area contributed by atoms with Crippen LogP contribution in [0.4, 0.5) is 10.7 Å². The summed E-state index contributed by atoms with van der Waals surface area (Å²) in [5, 5.41) is 0.902. The van der Waals surface area contributed by atoms with E-state index in [1.165, 1.54) is 11.3 Å². The third-order valence-corrected chi connectivity index (χ3v) is 4.05. The number of rotatable bonds is 2. The van der Waals surface area contributed by atoms with Crippen LogP contribution in [-0.4, -0.2) is 13.0 Å². The van der Waals surface area contributed by atoms with Crippen molar-refractivity contribution < 1.29 is 4.79 Å². The number of nitrogen functional groups attached to an aromatic ring is 1. The maximum absolute atomic E-state index is 12.1. The number of anilines is 2. The molecule has 0 aliphatic rings. The zero-order valence-electron chi connectivity index (χ0n) is 9.18. The highest BCUT2D eigenvalue weighted by Crippen LogP contribution is 2.29. The van der Waals surface area contributed by atoms with Gasteiger partial charge in [-0.1, -0.05) is 0 Å². The molecule has 0 aliphatic heterocycles. The molecule has 0 bridgehead atoms. The summed E-state index contributed by atoms with van der Waals surface area (Å²) in [5.41, 5.74) is 6.87. The van der Waals surface area contributed by atoms with E-state index in [2.05, 4.69) is 15.9 Å². The van der Waals surface area contributed by atoms with E-state index in [4.69, 9.17) is 5.73 Å². The number of carbonyl (C=O) groups excluding carboxylic acids is 1. The molecular weight excluding hydrogens is 300 g/mol. The van der Waals surface area contributed by atoms with Crippen molar-refractivity contribution in [2.24, 2.45) is 0 Å². The highest BCUT2D eigenvalue weighted by Gasteiger charge is 2.14. The Kier molecular flexibility index (Phi) is 3.49. The van der Waals surface area contributed by atoms with Crippen molar-refractivity contribution in [1.29, 1.82) is 0 Å². The van der Waals surface area contributed by atoms with E-state index in [1.54, 1.807) is 36.2 Å². The Bertz CT molecular complexity index is 536. The van der Waals surface area contributed by atoms with Gasteiger partial charge in [0.25, 0.3) is 5.91 Å². The van der Waals surface area contributed by atoms with Crippen LogP contribution < -0.4 is 10.6 Å². The van der Waals surface area contributed by atoms with Gasteiger partial charge in [-0.15, -0.1) is 11.3 Å². The van der Waals surface area contributed by atoms with Gasteiger partial charge >= 0.3 is 0 Å². The Balaban J connectivity index is 2.23. The third-order valence-electron chi connectivity index (χ3n) is 2.35. The van der Waals surface area contributed by atoms with Crippen LogP contribution in [0, 0.1) is 0 Å². The van der Waals surface area contributed by atoms with Crippen LogP contribution in [-0.2, 0) is 0 Å². The first kappa shape index (κ1) is 12.1. The molecule has 5 heteroatoms. The van der Waals surface area contributed by atoms with Gasteiger partial charge in [0.15, 0.2) is 0 Å². The highest BCUT2D eigenvalue weighted by molar-refractivity contribution is 9.11. The van der Waals surface area contributed by atoms with Crippen LogP contribution in [0.2, 0.25) is 0 Å². The van der Waals surface area contributed by atoms with Gasteiger partial charge in [0.05, 0.1) is 8.79 Å². The standard InChI is InChI=1S/C12H11BrN2OS/c1-15(11-7-6-10(13)17-11)12(16)8-2-4-9(14)5-3-8/h2-7H,14H2,1H3. The molecule has 0 atom stereocenters. The molecule has 0 saturated heterocycles. The zero-order chi connectivity index (χ0) is 12.4. The van der Waals surface area contributed by atoms with Crippen LogP contribution >= 0.6 is 27.3 Å². The van der Waals surface area contributed by atoms with Gasteiger partial charge in [0.2, 0.25) is 0 Å². The molecule has 0 unspecified atom stereocenters. The number of hydrogen-bond donors (Lipinski definition) is 1. The molecule has 0 radical (unpaired) electrons. The van der Waals surface area contributed by atoms with Gasteiger partial charge in [-0.2, -0.15) is 0 Å².